The Morgan fingerprint density at radius 2 is 2.00 bits per heavy atom. The zero-order chi connectivity index (χ0) is 14.5. The Morgan fingerprint density at radius 3 is 2.55 bits per heavy atom. The second-order valence-electron chi connectivity index (χ2n) is 4.88. The summed E-state index contributed by atoms with van der Waals surface area (Å²) in [4.78, 5) is 15.5. The summed E-state index contributed by atoms with van der Waals surface area (Å²) < 4.78 is 1.10. The molecule has 2 aromatic rings. The molecular weight excluding hydrogens is 334 g/mol. The number of ketones is 1. The van der Waals surface area contributed by atoms with Gasteiger partial charge in [0, 0.05) is 26.8 Å². The van der Waals surface area contributed by atoms with Gasteiger partial charge in [-0.3, -0.25) is 9.69 Å². The summed E-state index contributed by atoms with van der Waals surface area (Å²) in [6.07, 6.45) is 1.00. The first-order valence-corrected chi connectivity index (χ1v) is 8.29. The van der Waals surface area contributed by atoms with E-state index in [2.05, 4.69) is 34.3 Å². The molecule has 0 bridgehead atoms. The summed E-state index contributed by atoms with van der Waals surface area (Å²) in [6, 6.07) is 10.0. The van der Waals surface area contributed by atoms with E-state index >= 15 is 0 Å². The van der Waals surface area contributed by atoms with Crippen LogP contribution in [0.1, 0.15) is 27.7 Å². The van der Waals surface area contributed by atoms with Crippen molar-refractivity contribution >= 4 is 33.0 Å². The van der Waals surface area contributed by atoms with Gasteiger partial charge in [-0.25, -0.2) is 0 Å². The average molecular weight is 352 g/mol. The highest BCUT2D eigenvalue weighted by molar-refractivity contribution is 9.10. The highest BCUT2D eigenvalue weighted by atomic mass is 79.9. The maximum absolute atomic E-state index is 12.2. The van der Waals surface area contributed by atoms with Gasteiger partial charge < -0.3 is 0 Å². The number of aryl methyl sites for hydroxylation is 1. The molecule has 0 aliphatic heterocycles. The number of carbonyl (C=O) groups is 1. The first kappa shape index (κ1) is 15.4. The largest absolute Gasteiger partial charge is 0.294 e. The summed E-state index contributed by atoms with van der Waals surface area (Å²) in [5, 5.41) is 2.06. The maximum atomic E-state index is 12.2. The van der Waals surface area contributed by atoms with Crippen LogP contribution < -0.4 is 0 Å². The van der Waals surface area contributed by atoms with Crippen LogP contribution in [0, 0.1) is 0 Å². The van der Waals surface area contributed by atoms with Crippen LogP contribution in [-0.2, 0) is 13.0 Å². The van der Waals surface area contributed by atoms with Gasteiger partial charge in [0.15, 0.2) is 5.78 Å². The molecule has 0 radical (unpaired) electrons. The fraction of sp³-hybridized carbons (Fsp3) is 0.312. The number of likely N-dealkylation sites (N-methyl/N-ethyl adjacent to an activating group) is 1. The highest BCUT2D eigenvalue weighted by Crippen LogP contribution is 2.20. The van der Waals surface area contributed by atoms with Crippen molar-refractivity contribution in [2.24, 2.45) is 0 Å². The van der Waals surface area contributed by atoms with Crippen molar-refractivity contribution in [3.05, 3.63) is 56.2 Å². The molecule has 0 unspecified atom stereocenters. The number of hydrogen-bond donors (Lipinski definition) is 0. The molecule has 1 aromatic heterocycles. The fourth-order valence-corrected chi connectivity index (χ4v) is 3.55. The lowest BCUT2D eigenvalue weighted by atomic mass is 10.1. The number of halogens is 1. The zero-order valence-corrected chi connectivity index (χ0v) is 14.1. The number of nitrogens with zero attached hydrogens (tertiary/aromatic N) is 1. The molecule has 0 N–H and O–H groups in total. The molecule has 2 nitrogen and oxygen atoms in total. The second kappa shape index (κ2) is 7.16. The van der Waals surface area contributed by atoms with Crippen molar-refractivity contribution < 1.29 is 4.79 Å². The van der Waals surface area contributed by atoms with E-state index in [4.69, 9.17) is 0 Å². The average Bonchev–Trinajstić information content (AvgIpc) is 2.84. The molecule has 0 atom stereocenters. The predicted octanol–water partition coefficient (Wildman–Crippen LogP) is 4.39. The molecule has 0 amide bonds. The van der Waals surface area contributed by atoms with Crippen LogP contribution in [0.4, 0.5) is 0 Å². The minimum absolute atomic E-state index is 0.172. The summed E-state index contributed by atoms with van der Waals surface area (Å²) in [6.45, 7) is 3.36. The number of rotatable bonds is 6. The number of benzene rings is 1. The van der Waals surface area contributed by atoms with Crippen molar-refractivity contribution in [2.45, 2.75) is 19.9 Å². The standard InChI is InChI=1S/C16H18BrNOS/c1-3-12-4-6-13(7-5-12)16(19)10-18(2)9-15-8-14(17)11-20-15/h4-8,11H,3,9-10H2,1-2H3. The van der Waals surface area contributed by atoms with Crippen molar-refractivity contribution in [1.29, 1.82) is 0 Å². The smallest absolute Gasteiger partial charge is 0.176 e. The van der Waals surface area contributed by atoms with Crippen LogP contribution in [0.25, 0.3) is 0 Å². The van der Waals surface area contributed by atoms with Crippen LogP contribution >= 0.6 is 27.3 Å². The second-order valence-corrected chi connectivity index (χ2v) is 6.79. The molecule has 0 saturated carbocycles. The van der Waals surface area contributed by atoms with Gasteiger partial charge in [-0.2, -0.15) is 0 Å². The van der Waals surface area contributed by atoms with E-state index in [1.54, 1.807) is 11.3 Å². The Balaban J connectivity index is 1.92. The van der Waals surface area contributed by atoms with E-state index < -0.39 is 0 Å². The molecule has 0 fully saturated rings. The van der Waals surface area contributed by atoms with E-state index in [9.17, 15) is 4.79 Å². The zero-order valence-electron chi connectivity index (χ0n) is 11.7. The van der Waals surface area contributed by atoms with E-state index in [-0.39, 0.29) is 5.78 Å². The topological polar surface area (TPSA) is 20.3 Å². The first-order valence-electron chi connectivity index (χ1n) is 6.62. The van der Waals surface area contributed by atoms with Crippen molar-refractivity contribution in [3.63, 3.8) is 0 Å². The Hall–Kier alpha value is -0.970. The molecule has 0 spiro atoms. The SMILES string of the molecule is CCc1ccc(C(=O)CN(C)Cc2cc(Br)cs2)cc1. The molecule has 2 rings (SSSR count). The van der Waals surface area contributed by atoms with Crippen LogP contribution in [0.15, 0.2) is 40.2 Å². The normalized spacial score (nSPS) is 11.0. The molecule has 0 saturated heterocycles. The van der Waals surface area contributed by atoms with E-state index in [1.165, 1.54) is 10.4 Å². The molecule has 106 valence electrons. The third kappa shape index (κ3) is 4.27. The summed E-state index contributed by atoms with van der Waals surface area (Å²) in [5.41, 5.74) is 2.06. The number of hydrogen-bond acceptors (Lipinski definition) is 3. The van der Waals surface area contributed by atoms with Gasteiger partial charge in [0.25, 0.3) is 0 Å². The molecule has 4 heteroatoms. The lowest BCUT2D eigenvalue weighted by Crippen LogP contribution is -2.25. The minimum atomic E-state index is 0.172. The van der Waals surface area contributed by atoms with Crippen molar-refractivity contribution in [3.8, 4) is 0 Å². The van der Waals surface area contributed by atoms with Crippen molar-refractivity contribution in [2.75, 3.05) is 13.6 Å². The lowest BCUT2D eigenvalue weighted by Gasteiger charge is -2.14. The summed E-state index contributed by atoms with van der Waals surface area (Å²) in [7, 11) is 1.98. The van der Waals surface area contributed by atoms with Gasteiger partial charge in [-0.05, 0) is 41.0 Å². The molecule has 0 aliphatic carbocycles. The third-order valence-electron chi connectivity index (χ3n) is 3.15. The van der Waals surface area contributed by atoms with Crippen molar-refractivity contribution in [1.82, 2.24) is 4.90 Å². The van der Waals surface area contributed by atoms with Crippen LogP contribution in [0.5, 0.6) is 0 Å². The maximum Gasteiger partial charge on any atom is 0.176 e. The van der Waals surface area contributed by atoms with Crippen LogP contribution in [0.3, 0.4) is 0 Å². The summed E-state index contributed by atoms with van der Waals surface area (Å²) in [5.74, 6) is 0.172. The molecule has 1 heterocycles. The van der Waals surface area contributed by atoms with E-state index in [0.717, 1.165) is 23.0 Å². The van der Waals surface area contributed by atoms with E-state index in [0.29, 0.717) is 6.54 Å². The Labute approximate surface area is 132 Å². The first-order chi connectivity index (χ1) is 9.58. The number of carbonyl (C=O) groups excluding carboxylic acids is 1. The fourth-order valence-electron chi connectivity index (χ4n) is 2.02. The monoisotopic (exact) mass is 351 g/mol. The third-order valence-corrected chi connectivity index (χ3v) is 4.83. The summed E-state index contributed by atoms with van der Waals surface area (Å²) >= 11 is 5.15. The van der Waals surface area contributed by atoms with Gasteiger partial charge in [0.1, 0.15) is 0 Å². The molecule has 0 aliphatic rings. The van der Waals surface area contributed by atoms with E-state index in [1.807, 2.05) is 36.2 Å². The number of thiophene rings is 1. The molecule has 20 heavy (non-hydrogen) atoms. The number of Topliss-reactive ketones (excluding diaryl/α,β-unsaturated/α-hetero) is 1. The van der Waals surface area contributed by atoms with Crippen LogP contribution in [-0.4, -0.2) is 24.3 Å². The Morgan fingerprint density at radius 1 is 1.30 bits per heavy atom. The van der Waals surface area contributed by atoms with Gasteiger partial charge in [-0.1, -0.05) is 31.2 Å². The highest BCUT2D eigenvalue weighted by Gasteiger charge is 2.10. The molecular formula is C16H18BrNOS. The van der Waals surface area contributed by atoms with Crippen LogP contribution in [0.2, 0.25) is 0 Å². The Bertz CT molecular complexity index is 576. The van der Waals surface area contributed by atoms with Gasteiger partial charge in [0.05, 0.1) is 6.54 Å². The van der Waals surface area contributed by atoms with Gasteiger partial charge in [0.2, 0.25) is 0 Å². The Kier molecular flexibility index (Phi) is 5.52. The minimum Gasteiger partial charge on any atom is -0.294 e. The lowest BCUT2D eigenvalue weighted by molar-refractivity contribution is 0.0943. The van der Waals surface area contributed by atoms with Gasteiger partial charge >= 0.3 is 0 Å². The predicted molar refractivity (Wildman–Crippen MR) is 88.5 cm³/mol. The van der Waals surface area contributed by atoms with Gasteiger partial charge in [-0.15, -0.1) is 11.3 Å². The quantitative estimate of drug-likeness (QED) is 0.719. The molecule has 1 aromatic carbocycles.